The molecule has 3 aromatic rings. The largest absolute Gasteiger partial charge is 0.480 e. The van der Waals surface area contributed by atoms with Crippen LogP contribution >= 0.6 is 15.9 Å². The third-order valence-corrected chi connectivity index (χ3v) is 4.51. The molecule has 7 heteroatoms. The summed E-state index contributed by atoms with van der Waals surface area (Å²) in [4.78, 5) is 19.6. The summed E-state index contributed by atoms with van der Waals surface area (Å²) in [5.74, 6) is -0.143. The number of rotatable bonds is 6. The summed E-state index contributed by atoms with van der Waals surface area (Å²) < 4.78 is 1.03. The van der Waals surface area contributed by atoms with E-state index >= 15 is 0 Å². The van der Waals surface area contributed by atoms with Crippen molar-refractivity contribution in [1.29, 1.82) is 0 Å². The van der Waals surface area contributed by atoms with Crippen molar-refractivity contribution < 1.29 is 9.90 Å². The second kappa shape index (κ2) is 7.97. The molecule has 1 heterocycles. The van der Waals surface area contributed by atoms with Crippen molar-refractivity contribution in [3.05, 3.63) is 64.6 Å². The maximum Gasteiger partial charge on any atom is 0.322 e. The number of hydrogen-bond donors (Lipinski definition) is 3. The first-order valence-corrected chi connectivity index (χ1v) is 8.74. The molecular weight excluding hydrogens is 396 g/mol. The van der Waals surface area contributed by atoms with Gasteiger partial charge in [0.25, 0.3) is 0 Å². The Morgan fingerprint density at radius 1 is 1.12 bits per heavy atom. The van der Waals surface area contributed by atoms with Gasteiger partial charge in [0.2, 0.25) is 5.95 Å². The van der Waals surface area contributed by atoms with Crippen LogP contribution in [0.25, 0.3) is 11.3 Å². The van der Waals surface area contributed by atoms with Crippen LogP contribution in [0.15, 0.2) is 59.1 Å². The highest BCUT2D eigenvalue weighted by molar-refractivity contribution is 9.10. The Morgan fingerprint density at radius 2 is 1.88 bits per heavy atom. The molecule has 132 valence electrons. The minimum atomic E-state index is -0.975. The molecule has 0 aliphatic rings. The number of hydrogen-bond acceptors (Lipinski definition) is 5. The second-order valence-electron chi connectivity index (χ2n) is 5.66. The number of aryl methyl sites for hydroxylation is 1. The van der Waals surface area contributed by atoms with E-state index < -0.39 is 5.97 Å². The summed E-state index contributed by atoms with van der Waals surface area (Å²) >= 11 is 3.48. The van der Waals surface area contributed by atoms with Crippen molar-refractivity contribution in [1.82, 2.24) is 9.97 Å². The molecule has 1 aromatic heterocycles. The number of benzene rings is 2. The molecule has 0 spiro atoms. The van der Waals surface area contributed by atoms with Crippen molar-refractivity contribution in [2.75, 3.05) is 17.2 Å². The highest BCUT2D eigenvalue weighted by atomic mass is 79.9. The van der Waals surface area contributed by atoms with Crippen molar-refractivity contribution in [2.24, 2.45) is 0 Å². The Labute approximate surface area is 159 Å². The van der Waals surface area contributed by atoms with E-state index in [0.717, 1.165) is 21.3 Å². The summed E-state index contributed by atoms with van der Waals surface area (Å²) in [6.07, 6.45) is 0. The predicted octanol–water partition coefficient (Wildman–Crippen LogP) is 4.45. The third kappa shape index (κ3) is 4.58. The van der Waals surface area contributed by atoms with Gasteiger partial charge in [0.15, 0.2) is 0 Å². The first kappa shape index (κ1) is 17.9. The van der Waals surface area contributed by atoms with Crippen LogP contribution in [0.4, 0.5) is 17.5 Å². The van der Waals surface area contributed by atoms with E-state index in [1.54, 1.807) is 0 Å². The molecule has 0 bridgehead atoms. The van der Waals surface area contributed by atoms with E-state index in [2.05, 4.69) is 36.5 Å². The van der Waals surface area contributed by atoms with Gasteiger partial charge in [-0.15, -0.1) is 0 Å². The average Bonchev–Trinajstić information content (AvgIpc) is 2.64. The van der Waals surface area contributed by atoms with Gasteiger partial charge in [-0.2, -0.15) is 4.98 Å². The van der Waals surface area contributed by atoms with Crippen LogP contribution in [-0.4, -0.2) is 27.6 Å². The van der Waals surface area contributed by atoms with Crippen molar-refractivity contribution in [2.45, 2.75) is 6.92 Å². The van der Waals surface area contributed by atoms with E-state index in [-0.39, 0.29) is 12.5 Å². The molecule has 6 nitrogen and oxygen atoms in total. The molecule has 0 unspecified atom stereocenters. The van der Waals surface area contributed by atoms with Crippen molar-refractivity contribution >= 4 is 39.4 Å². The molecule has 3 rings (SSSR count). The van der Waals surface area contributed by atoms with E-state index in [4.69, 9.17) is 5.11 Å². The molecule has 0 amide bonds. The van der Waals surface area contributed by atoms with E-state index in [9.17, 15) is 4.79 Å². The summed E-state index contributed by atoms with van der Waals surface area (Å²) in [6.45, 7) is 1.75. The van der Waals surface area contributed by atoms with Gasteiger partial charge in [0, 0.05) is 21.8 Å². The lowest BCUT2D eigenvalue weighted by Gasteiger charge is -2.11. The molecule has 2 aromatic carbocycles. The van der Waals surface area contributed by atoms with Crippen LogP contribution in [0.1, 0.15) is 5.56 Å². The first-order valence-electron chi connectivity index (χ1n) is 7.94. The third-order valence-electron chi connectivity index (χ3n) is 3.62. The Balaban J connectivity index is 1.95. The fourth-order valence-corrected chi connectivity index (χ4v) is 2.62. The molecule has 0 atom stereocenters. The highest BCUT2D eigenvalue weighted by Gasteiger charge is 2.09. The fraction of sp³-hybridized carbons (Fsp3) is 0.105. The van der Waals surface area contributed by atoms with E-state index in [1.165, 1.54) is 0 Å². The lowest BCUT2D eigenvalue weighted by molar-refractivity contribution is -0.134. The lowest BCUT2D eigenvalue weighted by Crippen LogP contribution is -2.15. The van der Waals surface area contributed by atoms with Crippen molar-refractivity contribution in [3.8, 4) is 11.3 Å². The van der Waals surface area contributed by atoms with Gasteiger partial charge in [-0.05, 0) is 30.7 Å². The average molecular weight is 413 g/mol. The standard InChI is InChI=1S/C19H17BrN4O2/c1-12-9-14(7-8-15(12)20)22-17-10-16(13-5-3-2-4-6-13)23-19(24-17)21-11-18(25)26/h2-10H,11H2,1H3,(H,25,26)(H2,21,22,23,24). The number of anilines is 3. The SMILES string of the molecule is Cc1cc(Nc2cc(-c3ccccc3)nc(NCC(=O)O)n2)ccc1Br. The van der Waals surface area contributed by atoms with Gasteiger partial charge in [0.05, 0.1) is 5.69 Å². The summed E-state index contributed by atoms with van der Waals surface area (Å²) in [7, 11) is 0. The van der Waals surface area contributed by atoms with Crippen LogP contribution in [-0.2, 0) is 4.79 Å². The highest BCUT2D eigenvalue weighted by Crippen LogP contribution is 2.25. The Morgan fingerprint density at radius 3 is 2.58 bits per heavy atom. The zero-order valence-corrected chi connectivity index (χ0v) is 15.6. The number of nitrogens with one attached hydrogen (secondary N) is 2. The van der Waals surface area contributed by atoms with Crippen LogP contribution in [0, 0.1) is 6.92 Å². The first-order chi connectivity index (χ1) is 12.5. The number of aromatic nitrogens is 2. The van der Waals surface area contributed by atoms with Crippen LogP contribution in [0.3, 0.4) is 0 Å². The number of halogens is 1. The quantitative estimate of drug-likeness (QED) is 0.554. The molecular formula is C19H17BrN4O2. The number of carboxylic acids is 1. The van der Waals surface area contributed by atoms with Crippen molar-refractivity contribution in [3.63, 3.8) is 0 Å². The summed E-state index contributed by atoms with van der Waals surface area (Å²) in [6, 6.07) is 17.4. The molecule has 0 saturated heterocycles. The molecule has 0 radical (unpaired) electrons. The van der Waals surface area contributed by atoms with Gasteiger partial charge >= 0.3 is 5.97 Å². The number of nitrogens with zero attached hydrogens (tertiary/aromatic N) is 2. The Kier molecular flexibility index (Phi) is 5.48. The maximum absolute atomic E-state index is 10.8. The zero-order valence-electron chi connectivity index (χ0n) is 14.0. The maximum atomic E-state index is 10.8. The van der Waals surface area contributed by atoms with Crippen LogP contribution in [0.5, 0.6) is 0 Å². The normalized spacial score (nSPS) is 10.4. The van der Waals surface area contributed by atoms with Gasteiger partial charge in [-0.1, -0.05) is 46.3 Å². The lowest BCUT2D eigenvalue weighted by atomic mass is 10.1. The van der Waals surface area contributed by atoms with E-state index in [1.807, 2.05) is 61.5 Å². The molecule has 3 N–H and O–H groups in total. The van der Waals surface area contributed by atoms with Gasteiger partial charge < -0.3 is 15.7 Å². The summed E-state index contributed by atoms with van der Waals surface area (Å²) in [5, 5.41) is 14.9. The second-order valence-corrected chi connectivity index (χ2v) is 6.52. The van der Waals surface area contributed by atoms with Crippen LogP contribution in [0.2, 0.25) is 0 Å². The zero-order chi connectivity index (χ0) is 18.5. The molecule has 0 fully saturated rings. The molecule has 0 aliphatic carbocycles. The minimum absolute atomic E-state index is 0.255. The van der Waals surface area contributed by atoms with Crippen LogP contribution < -0.4 is 10.6 Å². The molecule has 0 aliphatic heterocycles. The Bertz CT molecular complexity index is 932. The van der Waals surface area contributed by atoms with Gasteiger partial charge in [-0.25, -0.2) is 4.98 Å². The topological polar surface area (TPSA) is 87.1 Å². The van der Waals surface area contributed by atoms with Gasteiger partial charge in [-0.3, -0.25) is 4.79 Å². The number of carbonyl (C=O) groups is 1. The van der Waals surface area contributed by atoms with E-state index in [0.29, 0.717) is 11.5 Å². The molecule has 26 heavy (non-hydrogen) atoms. The smallest absolute Gasteiger partial charge is 0.322 e. The van der Waals surface area contributed by atoms with Gasteiger partial charge in [0.1, 0.15) is 12.4 Å². The predicted molar refractivity (Wildman–Crippen MR) is 106 cm³/mol. The number of carboxylic acid groups (broad SMARTS) is 1. The Hall–Kier alpha value is -2.93. The minimum Gasteiger partial charge on any atom is -0.480 e. The number of aliphatic carboxylic acids is 1. The monoisotopic (exact) mass is 412 g/mol. The molecule has 0 saturated carbocycles. The fourth-order valence-electron chi connectivity index (χ4n) is 2.37. The summed E-state index contributed by atoms with van der Waals surface area (Å²) in [5.41, 5.74) is 3.59.